The molecule has 0 spiro atoms. The molecule has 0 N–H and O–H groups in total. The van der Waals surface area contributed by atoms with Gasteiger partial charge in [0.1, 0.15) is 0 Å². The van der Waals surface area contributed by atoms with Gasteiger partial charge in [0.25, 0.3) is 15.8 Å². The molecule has 21 heavy (non-hydrogen) atoms. The highest BCUT2D eigenvalue weighted by atomic mass is 32.2. The number of nitro benzene ring substituents is 1. The molecule has 1 aromatic rings. The number of non-ortho nitro benzene ring substituents is 1. The van der Waals surface area contributed by atoms with E-state index in [0.717, 1.165) is 5.57 Å². The van der Waals surface area contributed by atoms with E-state index in [4.69, 9.17) is 4.18 Å². The SMILES string of the molecule is CC1=CC=C(S(=O)(=O)OCc2ccc([N+](=O)[O-])cc2)CC1. The van der Waals surface area contributed by atoms with Crippen LogP contribution in [0.5, 0.6) is 0 Å². The van der Waals surface area contributed by atoms with Crippen LogP contribution in [-0.4, -0.2) is 13.3 Å². The Hall–Kier alpha value is -1.99. The second-order valence-electron chi connectivity index (χ2n) is 4.79. The number of allylic oxidation sites excluding steroid dienone is 4. The van der Waals surface area contributed by atoms with Crippen LogP contribution in [0.4, 0.5) is 5.69 Å². The van der Waals surface area contributed by atoms with Crippen LogP contribution in [0.1, 0.15) is 25.3 Å². The normalized spacial score (nSPS) is 15.3. The third-order valence-electron chi connectivity index (χ3n) is 3.17. The van der Waals surface area contributed by atoms with Gasteiger partial charge in [-0.2, -0.15) is 8.42 Å². The molecule has 0 radical (unpaired) electrons. The first-order chi connectivity index (χ1) is 9.88. The molecule has 7 heteroatoms. The molecule has 2 rings (SSSR count). The zero-order chi connectivity index (χ0) is 15.5. The molecule has 0 atom stereocenters. The lowest BCUT2D eigenvalue weighted by molar-refractivity contribution is -0.384. The Kier molecular flexibility index (Phi) is 4.54. The molecular formula is C14H15NO5S. The van der Waals surface area contributed by atoms with E-state index in [-0.39, 0.29) is 17.2 Å². The summed E-state index contributed by atoms with van der Waals surface area (Å²) >= 11 is 0. The molecule has 1 aromatic carbocycles. The third kappa shape index (κ3) is 3.99. The first-order valence-electron chi connectivity index (χ1n) is 6.37. The summed E-state index contributed by atoms with van der Waals surface area (Å²) in [4.78, 5) is 10.3. The molecule has 1 aliphatic rings. The van der Waals surface area contributed by atoms with Gasteiger partial charge in [-0.1, -0.05) is 11.6 Å². The Balaban J connectivity index is 2.03. The summed E-state index contributed by atoms with van der Waals surface area (Å²) in [5.41, 5.74) is 1.65. The molecule has 0 aliphatic heterocycles. The summed E-state index contributed by atoms with van der Waals surface area (Å²) in [6.07, 6.45) is 4.46. The van der Waals surface area contributed by atoms with Crippen molar-refractivity contribution in [2.75, 3.05) is 0 Å². The van der Waals surface area contributed by atoms with Crippen LogP contribution in [-0.2, 0) is 20.9 Å². The summed E-state index contributed by atoms with van der Waals surface area (Å²) in [6.45, 7) is 1.80. The van der Waals surface area contributed by atoms with Crippen molar-refractivity contribution >= 4 is 15.8 Å². The minimum absolute atomic E-state index is 0.0443. The van der Waals surface area contributed by atoms with E-state index in [1.165, 1.54) is 24.3 Å². The van der Waals surface area contributed by atoms with Crippen molar-refractivity contribution in [3.63, 3.8) is 0 Å². The zero-order valence-electron chi connectivity index (χ0n) is 11.5. The number of rotatable bonds is 5. The maximum Gasteiger partial charge on any atom is 0.293 e. The lowest BCUT2D eigenvalue weighted by Gasteiger charge is -2.12. The molecule has 6 nitrogen and oxygen atoms in total. The quantitative estimate of drug-likeness (QED) is 0.474. The van der Waals surface area contributed by atoms with Crippen LogP contribution >= 0.6 is 0 Å². The fourth-order valence-electron chi connectivity index (χ4n) is 1.87. The van der Waals surface area contributed by atoms with Crippen LogP contribution in [0.25, 0.3) is 0 Å². The highest BCUT2D eigenvalue weighted by Gasteiger charge is 2.20. The molecule has 0 bridgehead atoms. The molecule has 0 saturated heterocycles. The maximum atomic E-state index is 12.0. The van der Waals surface area contributed by atoms with Gasteiger partial charge in [0.2, 0.25) is 0 Å². The summed E-state index contributed by atoms with van der Waals surface area (Å²) in [6, 6.07) is 5.59. The minimum atomic E-state index is -3.75. The van der Waals surface area contributed by atoms with E-state index >= 15 is 0 Å². The highest BCUT2D eigenvalue weighted by Crippen LogP contribution is 2.24. The van der Waals surface area contributed by atoms with E-state index in [9.17, 15) is 18.5 Å². The lowest BCUT2D eigenvalue weighted by Crippen LogP contribution is -2.10. The first-order valence-corrected chi connectivity index (χ1v) is 7.78. The number of nitrogens with zero attached hydrogens (tertiary/aromatic N) is 1. The van der Waals surface area contributed by atoms with Gasteiger partial charge < -0.3 is 0 Å². The fourth-order valence-corrected chi connectivity index (χ4v) is 2.90. The lowest BCUT2D eigenvalue weighted by atomic mass is 10.1. The molecule has 0 unspecified atom stereocenters. The van der Waals surface area contributed by atoms with Crippen LogP contribution < -0.4 is 0 Å². The number of nitro groups is 1. The third-order valence-corrected chi connectivity index (χ3v) is 4.58. The van der Waals surface area contributed by atoms with Gasteiger partial charge in [-0.05, 0) is 43.5 Å². The van der Waals surface area contributed by atoms with Gasteiger partial charge >= 0.3 is 0 Å². The Morgan fingerprint density at radius 2 is 1.86 bits per heavy atom. The van der Waals surface area contributed by atoms with Gasteiger partial charge in [0.15, 0.2) is 0 Å². The van der Waals surface area contributed by atoms with E-state index < -0.39 is 15.0 Å². The smallest absolute Gasteiger partial charge is 0.262 e. The average molecular weight is 309 g/mol. The van der Waals surface area contributed by atoms with E-state index in [0.29, 0.717) is 18.4 Å². The highest BCUT2D eigenvalue weighted by molar-refractivity contribution is 7.90. The average Bonchev–Trinajstić information content (AvgIpc) is 2.46. The van der Waals surface area contributed by atoms with E-state index in [1.54, 1.807) is 12.2 Å². The summed E-state index contributed by atoms with van der Waals surface area (Å²) < 4.78 is 29.0. The second-order valence-corrected chi connectivity index (χ2v) is 6.45. The molecule has 0 aromatic heterocycles. The van der Waals surface area contributed by atoms with E-state index in [2.05, 4.69) is 0 Å². The van der Waals surface area contributed by atoms with Crippen LogP contribution in [0.2, 0.25) is 0 Å². The largest absolute Gasteiger partial charge is 0.293 e. The van der Waals surface area contributed by atoms with Gasteiger partial charge in [-0.15, -0.1) is 0 Å². The van der Waals surface area contributed by atoms with Crippen LogP contribution in [0, 0.1) is 10.1 Å². The molecular weight excluding hydrogens is 294 g/mol. The Bertz CT molecular complexity index is 701. The second kappa shape index (κ2) is 6.19. The molecule has 1 aliphatic carbocycles. The van der Waals surface area contributed by atoms with E-state index in [1.807, 2.05) is 6.92 Å². The van der Waals surface area contributed by atoms with Crippen molar-refractivity contribution in [1.82, 2.24) is 0 Å². The van der Waals surface area contributed by atoms with Crippen molar-refractivity contribution in [3.05, 3.63) is 62.6 Å². The van der Waals surface area contributed by atoms with Crippen molar-refractivity contribution < 1.29 is 17.5 Å². The van der Waals surface area contributed by atoms with Crippen molar-refractivity contribution in [3.8, 4) is 0 Å². The van der Waals surface area contributed by atoms with Gasteiger partial charge in [0, 0.05) is 12.1 Å². The molecule has 0 heterocycles. The number of hydrogen-bond acceptors (Lipinski definition) is 5. The standard InChI is InChI=1S/C14H15NO5S/c1-11-2-8-14(9-3-11)21(18,19)20-10-12-4-6-13(7-5-12)15(16)17/h2,4-8H,3,9-10H2,1H3. The van der Waals surface area contributed by atoms with Gasteiger partial charge in [0.05, 0.1) is 16.4 Å². The zero-order valence-corrected chi connectivity index (χ0v) is 12.3. The molecule has 0 fully saturated rings. The number of benzene rings is 1. The van der Waals surface area contributed by atoms with Crippen molar-refractivity contribution in [2.24, 2.45) is 0 Å². The predicted octanol–water partition coefficient (Wildman–Crippen LogP) is 3.07. The summed E-state index contributed by atoms with van der Waals surface area (Å²) in [5.74, 6) is 0. The van der Waals surface area contributed by atoms with Gasteiger partial charge in [-0.3, -0.25) is 14.3 Å². The van der Waals surface area contributed by atoms with Crippen molar-refractivity contribution in [2.45, 2.75) is 26.4 Å². The topological polar surface area (TPSA) is 86.5 Å². The minimum Gasteiger partial charge on any atom is -0.262 e. The van der Waals surface area contributed by atoms with Crippen molar-refractivity contribution in [1.29, 1.82) is 0 Å². The fraction of sp³-hybridized carbons (Fsp3) is 0.286. The summed E-state index contributed by atoms with van der Waals surface area (Å²) in [5, 5.41) is 10.5. The first kappa shape index (κ1) is 15.4. The van der Waals surface area contributed by atoms with Gasteiger partial charge in [-0.25, -0.2) is 0 Å². The maximum absolute atomic E-state index is 12.0. The Labute approximate surface area is 123 Å². The predicted molar refractivity (Wildman–Crippen MR) is 77.9 cm³/mol. The Morgan fingerprint density at radius 1 is 1.19 bits per heavy atom. The van der Waals surface area contributed by atoms with Crippen LogP contribution in [0.3, 0.4) is 0 Å². The molecule has 0 amide bonds. The summed E-state index contributed by atoms with van der Waals surface area (Å²) in [7, 11) is -3.75. The monoisotopic (exact) mass is 309 g/mol. The Morgan fingerprint density at radius 3 is 2.38 bits per heavy atom. The molecule has 112 valence electrons. The van der Waals surface area contributed by atoms with Crippen LogP contribution in [0.15, 0.2) is 46.9 Å². The number of hydrogen-bond donors (Lipinski definition) is 0. The molecule has 0 saturated carbocycles.